The van der Waals surface area contributed by atoms with Gasteiger partial charge in [-0.1, -0.05) is 35.5 Å². The van der Waals surface area contributed by atoms with Gasteiger partial charge >= 0.3 is 0 Å². The van der Waals surface area contributed by atoms with Crippen LogP contribution in [-0.4, -0.2) is 32.6 Å². The summed E-state index contributed by atoms with van der Waals surface area (Å²) in [4.78, 5) is 11.7. The van der Waals surface area contributed by atoms with Crippen LogP contribution in [0.5, 0.6) is 0 Å². The van der Waals surface area contributed by atoms with Gasteiger partial charge in [0, 0.05) is 25.7 Å². The zero-order valence-electron chi connectivity index (χ0n) is 11.9. The Balaban J connectivity index is 1.58. The summed E-state index contributed by atoms with van der Waals surface area (Å²) < 4.78 is 1.70. The Morgan fingerprint density at radius 1 is 1.33 bits per heavy atom. The maximum Gasteiger partial charge on any atom is 0.220 e. The average molecular weight is 288 g/mol. The molecule has 2 N–H and O–H groups in total. The third-order valence-corrected chi connectivity index (χ3v) is 3.19. The quantitative estimate of drug-likeness (QED) is 0.767. The molecule has 0 radical (unpaired) electrons. The van der Waals surface area contributed by atoms with Crippen LogP contribution in [-0.2, 0) is 11.3 Å². The molecule has 0 fully saturated rings. The molecule has 1 unspecified atom stereocenters. The van der Waals surface area contributed by atoms with Gasteiger partial charge in [-0.2, -0.15) is 0 Å². The molecule has 0 saturated heterocycles. The van der Waals surface area contributed by atoms with Gasteiger partial charge in [0.15, 0.2) is 0 Å². The minimum atomic E-state index is -0.540. The third-order valence-electron chi connectivity index (χ3n) is 3.19. The highest BCUT2D eigenvalue weighted by Gasteiger charge is 2.07. The molecule has 0 aliphatic heterocycles. The van der Waals surface area contributed by atoms with Crippen molar-refractivity contribution in [2.75, 3.05) is 6.54 Å². The molecule has 0 bridgehead atoms. The Hall–Kier alpha value is -2.21. The Bertz CT molecular complexity index is 528. The number of carbonyl (C=O) groups is 1. The maximum absolute atomic E-state index is 11.7. The predicted molar refractivity (Wildman–Crippen MR) is 78.3 cm³/mol. The molecule has 1 heterocycles. The molecule has 1 aromatic heterocycles. The van der Waals surface area contributed by atoms with Crippen LogP contribution < -0.4 is 5.32 Å². The van der Waals surface area contributed by atoms with E-state index in [2.05, 4.69) is 15.6 Å². The van der Waals surface area contributed by atoms with Crippen LogP contribution in [0.2, 0.25) is 0 Å². The number of benzene rings is 1. The molecule has 6 heteroatoms. The minimum Gasteiger partial charge on any atom is -0.388 e. The van der Waals surface area contributed by atoms with Gasteiger partial charge in [-0.25, -0.2) is 0 Å². The first kappa shape index (κ1) is 15.2. The third kappa shape index (κ3) is 5.35. The summed E-state index contributed by atoms with van der Waals surface area (Å²) in [6.45, 7) is 1.15. The van der Waals surface area contributed by atoms with Crippen molar-refractivity contribution in [2.45, 2.75) is 31.9 Å². The summed E-state index contributed by atoms with van der Waals surface area (Å²) in [6.07, 6.45) is 4.53. The monoisotopic (exact) mass is 288 g/mol. The first-order valence-corrected chi connectivity index (χ1v) is 7.09. The first-order valence-electron chi connectivity index (χ1n) is 7.09. The summed E-state index contributed by atoms with van der Waals surface area (Å²) in [5.74, 6) is -0.00428. The average Bonchev–Trinajstić information content (AvgIpc) is 3.01. The number of hydrogen-bond acceptors (Lipinski definition) is 4. The smallest absolute Gasteiger partial charge is 0.220 e. The van der Waals surface area contributed by atoms with E-state index in [4.69, 9.17) is 0 Å². The van der Waals surface area contributed by atoms with Crippen molar-refractivity contribution >= 4 is 5.91 Å². The van der Waals surface area contributed by atoms with Crippen LogP contribution in [0, 0.1) is 0 Å². The summed E-state index contributed by atoms with van der Waals surface area (Å²) in [6, 6.07) is 9.45. The molecular weight excluding hydrogens is 268 g/mol. The number of aromatic nitrogens is 3. The fourth-order valence-electron chi connectivity index (χ4n) is 2.03. The molecule has 112 valence electrons. The molecule has 6 nitrogen and oxygen atoms in total. The van der Waals surface area contributed by atoms with E-state index in [-0.39, 0.29) is 5.91 Å². The van der Waals surface area contributed by atoms with Crippen LogP contribution in [0.15, 0.2) is 42.7 Å². The molecule has 1 aromatic carbocycles. The number of nitrogens with zero attached hydrogens (tertiary/aromatic N) is 3. The number of amides is 1. The molecule has 1 amide bonds. The number of rotatable bonds is 8. The van der Waals surface area contributed by atoms with E-state index in [1.165, 1.54) is 0 Å². The second-order valence-electron chi connectivity index (χ2n) is 4.83. The van der Waals surface area contributed by atoms with E-state index in [0.717, 1.165) is 12.0 Å². The lowest BCUT2D eigenvalue weighted by atomic mass is 10.1. The van der Waals surface area contributed by atoms with Gasteiger partial charge in [-0.05, 0) is 18.4 Å². The Morgan fingerprint density at radius 3 is 2.86 bits per heavy atom. The molecule has 0 saturated carbocycles. The molecule has 0 spiro atoms. The molecule has 0 aliphatic rings. The number of aliphatic hydroxyl groups excluding tert-OH is 1. The van der Waals surface area contributed by atoms with Crippen molar-refractivity contribution < 1.29 is 9.90 Å². The Kier molecular flexibility index (Phi) is 5.90. The topological polar surface area (TPSA) is 80.0 Å². The van der Waals surface area contributed by atoms with E-state index in [0.29, 0.717) is 25.9 Å². The standard InChI is InChI=1S/C15H20N4O2/c20-14(13-5-2-1-3-6-13)8-9-16-15(21)7-4-11-19-12-10-17-18-19/h1-3,5-6,10,12,14,20H,4,7-9,11H2,(H,16,21). The highest BCUT2D eigenvalue weighted by molar-refractivity contribution is 5.75. The van der Waals surface area contributed by atoms with Crippen molar-refractivity contribution in [2.24, 2.45) is 0 Å². The van der Waals surface area contributed by atoms with Gasteiger partial charge < -0.3 is 10.4 Å². The van der Waals surface area contributed by atoms with E-state index >= 15 is 0 Å². The number of nitrogens with one attached hydrogen (secondary N) is 1. The highest BCUT2D eigenvalue weighted by atomic mass is 16.3. The fraction of sp³-hybridized carbons (Fsp3) is 0.400. The van der Waals surface area contributed by atoms with Gasteiger partial charge in [-0.3, -0.25) is 9.48 Å². The summed E-state index contributed by atoms with van der Waals surface area (Å²) in [5.41, 5.74) is 0.873. The lowest BCUT2D eigenvalue weighted by molar-refractivity contribution is -0.121. The van der Waals surface area contributed by atoms with Gasteiger partial charge in [0.05, 0.1) is 12.3 Å². The lowest BCUT2D eigenvalue weighted by Crippen LogP contribution is -2.25. The van der Waals surface area contributed by atoms with Crippen LogP contribution >= 0.6 is 0 Å². The van der Waals surface area contributed by atoms with Gasteiger partial charge in [0.1, 0.15) is 0 Å². The van der Waals surface area contributed by atoms with Crippen LogP contribution in [0.4, 0.5) is 0 Å². The number of carbonyl (C=O) groups excluding carboxylic acids is 1. The first-order chi connectivity index (χ1) is 10.3. The number of aryl methyl sites for hydroxylation is 1. The Morgan fingerprint density at radius 2 is 2.14 bits per heavy atom. The van der Waals surface area contributed by atoms with E-state index < -0.39 is 6.10 Å². The molecule has 1 atom stereocenters. The summed E-state index contributed by atoms with van der Waals surface area (Å²) in [5, 5.41) is 20.3. The van der Waals surface area contributed by atoms with E-state index in [1.807, 2.05) is 30.3 Å². The Labute approximate surface area is 123 Å². The predicted octanol–water partition coefficient (Wildman–Crippen LogP) is 1.30. The van der Waals surface area contributed by atoms with Crippen molar-refractivity contribution in [3.05, 3.63) is 48.3 Å². The van der Waals surface area contributed by atoms with Crippen LogP contribution in [0.1, 0.15) is 30.9 Å². The SMILES string of the molecule is O=C(CCCn1ccnn1)NCCC(O)c1ccccc1. The largest absolute Gasteiger partial charge is 0.388 e. The second kappa shape index (κ2) is 8.16. The zero-order valence-corrected chi connectivity index (χ0v) is 11.9. The zero-order chi connectivity index (χ0) is 14.9. The highest BCUT2D eigenvalue weighted by Crippen LogP contribution is 2.14. The summed E-state index contributed by atoms with van der Waals surface area (Å²) in [7, 11) is 0. The van der Waals surface area contributed by atoms with Crippen molar-refractivity contribution in [3.8, 4) is 0 Å². The number of aliphatic hydroxyl groups is 1. The molecular formula is C15H20N4O2. The van der Waals surface area contributed by atoms with Gasteiger partial charge in [-0.15, -0.1) is 5.10 Å². The van der Waals surface area contributed by atoms with Gasteiger partial charge in [0.25, 0.3) is 0 Å². The minimum absolute atomic E-state index is 0.00428. The molecule has 21 heavy (non-hydrogen) atoms. The van der Waals surface area contributed by atoms with Crippen molar-refractivity contribution in [3.63, 3.8) is 0 Å². The maximum atomic E-state index is 11.7. The van der Waals surface area contributed by atoms with Crippen LogP contribution in [0.25, 0.3) is 0 Å². The lowest BCUT2D eigenvalue weighted by Gasteiger charge is -2.11. The van der Waals surface area contributed by atoms with Crippen molar-refractivity contribution in [1.82, 2.24) is 20.3 Å². The van der Waals surface area contributed by atoms with E-state index in [1.54, 1.807) is 17.1 Å². The number of hydrogen-bond donors (Lipinski definition) is 2. The molecule has 2 aromatic rings. The fourth-order valence-corrected chi connectivity index (χ4v) is 2.03. The molecule has 2 rings (SSSR count). The van der Waals surface area contributed by atoms with Crippen molar-refractivity contribution in [1.29, 1.82) is 0 Å². The van der Waals surface area contributed by atoms with Gasteiger partial charge in [0.2, 0.25) is 5.91 Å². The second-order valence-corrected chi connectivity index (χ2v) is 4.83. The van der Waals surface area contributed by atoms with Crippen LogP contribution in [0.3, 0.4) is 0 Å². The normalized spacial score (nSPS) is 12.0. The molecule has 0 aliphatic carbocycles. The summed E-state index contributed by atoms with van der Waals surface area (Å²) >= 11 is 0. The van der Waals surface area contributed by atoms with E-state index in [9.17, 15) is 9.90 Å².